The van der Waals surface area contributed by atoms with Gasteiger partial charge in [-0.2, -0.15) is 0 Å². The van der Waals surface area contributed by atoms with Crippen LogP contribution < -0.4 is 11.1 Å². The summed E-state index contributed by atoms with van der Waals surface area (Å²) < 4.78 is 22.6. The summed E-state index contributed by atoms with van der Waals surface area (Å²) in [5.41, 5.74) is 8.11. The minimum atomic E-state index is -3.36. The molecular formula is C13H17ClN2O3S. The fourth-order valence-corrected chi connectivity index (χ4v) is 2.98. The second-order valence-corrected chi connectivity index (χ2v) is 8.61. The van der Waals surface area contributed by atoms with Gasteiger partial charge in [0.15, 0.2) is 9.84 Å². The Hall–Kier alpha value is -1.11. The number of nitrogens with two attached hydrogens (primary N) is 1. The number of nitrogens with one attached hydrogen (secondary N) is 1. The van der Waals surface area contributed by atoms with Gasteiger partial charge in [0.25, 0.3) is 0 Å². The molecule has 0 saturated heterocycles. The molecule has 1 aromatic rings. The highest BCUT2D eigenvalue weighted by Crippen LogP contribution is 2.37. The highest BCUT2D eigenvalue weighted by Gasteiger charge is 2.39. The van der Waals surface area contributed by atoms with E-state index >= 15 is 0 Å². The standard InChI is InChI=1S/C13H17ClN2O3S/c1-13(2,20(3,18)19)12(15)8-4-7-5-11(17)16-10(7)6-9(8)14/h4,6,12H,5,15H2,1-3H3,(H,16,17). The first-order chi connectivity index (χ1) is 9.04. The van der Waals surface area contributed by atoms with Gasteiger partial charge in [0, 0.05) is 17.0 Å². The van der Waals surface area contributed by atoms with Crippen molar-refractivity contribution in [2.45, 2.75) is 31.1 Å². The monoisotopic (exact) mass is 316 g/mol. The Bertz CT molecular complexity index is 683. The molecule has 1 amide bonds. The van der Waals surface area contributed by atoms with Gasteiger partial charge in [0.05, 0.1) is 17.2 Å². The first-order valence-corrected chi connectivity index (χ1v) is 8.38. The SMILES string of the molecule is CC(C)(C(N)c1cc2c(cc1Cl)NC(=O)C2)S(C)(=O)=O. The molecule has 110 valence electrons. The fourth-order valence-electron chi connectivity index (χ4n) is 2.11. The highest BCUT2D eigenvalue weighted by atomic mass is 35.5. The van der Waals surface area contributed by atoms with Crippen molar-refractivity contribution in [1.29, 1.82) is 0 Å². The summed E-state index contributed by atoms with van der Waals surface area (Å²) in [4.78, 5) is 11.4. The van der Waals surface area contributed by atoms with Crippen molar-refractivity contribution in [2.24, 2.45) is 5.73 Å². The molecule has 1 aromatic carbocycles. The lowest BCUT2D eigenvalue weighted by Crippen LogP contribution is -2.42. The van der Waals surface area contributed by atoms with Crippen molar-refractivity contribution < 1.29 is 13.2 Å². The lowest BCUT2D eigenvalue weighted by atomic mass is 9.94. The molecule has 0 fully saturated rings. The Balaban J connectivity index is 2.50. The molecule has 0 saturated carbocycles. The van der Waals surface area contributed by atoms with E-state index in [2.05, 4.69) is 5.32 Å². The average Bonchev–Trinajstić information content (AvgIpc) is 2.64. The third kappa shape index (κ3) is 2.43. The molecule has 3 N–H and O–H groups in total. The van der Waals surface area contributed by atoms with Crippen LogP contribution in [0.25, 0.3) is 0 Å². The van der Waals surface area contributed by atoms with E-state index in [-0.39, 0.29) is 12.3 Å². The Morgan fingerprint density at radius 1 is 1.40 bits per heavy atom. The Morgan fingerprint density at radius 2 is 2.00 bits per heavy atom. The van der Waals surface area contributed by atoms with Crippen LogP contribution in [0.2, 0.25) is 5.02 Å². The summed E-state index contributed by atoms with van der Waals surface area (Å²) in [7, 11) is -3.36. The maximum Gasteiger partial charge on any atom is 0.228 e. The van der Waals surface area contributed by atoms with Crippen LogP contribution in [0.4, 0.5) is 5.69 Å². The van der Waals surface area contributed by atoms with Gasteiger partial charge in [-0.3, -0.25) is 4.79 Å². The third-order valence-electron chi connectivity index (χ3n) is 3.89. The van der Waals surface area contributed by atoms with Gasteiger partial charge in [-0.1, -0.05) is 17.7 Å². The minimum absolute atomic E-state index is 0.107. The molecule has 7 heteroatoms. The molecule has 1 atom stereocenters. The van der Waals surface area contributed by atoms with Gasteiger partial charge < -0.3 is 11.1 Å². The van der Waals surface area contributed by atoms with E-state index in [1.807, 2.05) is 0 Å². The zero-order chi connectivity index (χ0) is 15.3. The van der Waals surface area contributed by atoms with Gasteiger partial charge in [0.1, 0.15) is 0 Å². The Labute approximate surface area is 123 Å². The van der Waals surface area contributed by atoms with Gasteiger partial charge in [-0.15, -0.1) is 0 Å². The predicted octanol–water partition coefficient (Wildman–Crippen LogP) is 1.66. The van der Waals surface area contributed by atoms with Crippen LogP contribution in [0.5, 0.6) is 0 Å². The summed E-state index contributed by atoms with van der Waals surface area (Å²) in [5, 5.41) is 3.05. The van der Waals surface area contributed by atoms with Crippen molar-refractivity contribution >= 4 is 33.0 Å². The number of benzene rings is 1. The van der Waals surface area contributed by atoms with Crippen LogP contribution in [0.3, 0.4) is 0 Å². The average molecular weight is 317 g/mol. The summed E-state index contributed by atoms with van der Waals surface area (Å²) in [5.74, 6) is -0.107. The predicted molar refractivity (Wildman–Crippen MR) is 79.6 cm³/mol. The number of rotatable bonds is 3. The van der Waals surface area contributed by atoms with E-state index < -0.39 is 20.6 Å². The van der Waals surface area contributed by atoms with Crippen LogP contribution in [-0.2, 0) is 21.1 Å². The minimum Gasteiger partial charge on any atom is -0.325 e. The Morgan fingerprint density at radius 3 is 2.55 bits per heavy atom. The van der Waals surface area contributed by atoms with Crippen LogP contribution in [0.15, 0.2) is 12.1 Å². The van der Waals surface area contributed by atoms with Crippen LogP contribution in [-0.4, -0.2) is 25.3 Å². The molecule has 0 aliphatic carbocycles. The molecule has 5 nitrogen and oxygen atoms in total. The molecule has 1 aliphatic heterocycles. The lowest BCUT2D eigenvalue weighted by molar-refractivity contribution is -0.115. The van der Waals surface area contributed by atoms with Gasteiger partial charge in [-0.05, 0) is 31.0 Å². The number of halogens is 1. The zero-order valence-corrected chi connectivity index (χ0v) is 13.1. The number of carbonyl (C=O) groups excluding carboxylic acids is 1. The molecular weight excluding hydrogens is 300 g/mol. The second kappa shape index (κ2) is 4.72. The first-order valence-electron chi connectivity index (χ1n) is 6.11. The summed E-state index contributed by atoms with van der Waals surface area (Å²) in [6.07, 6.45) is 1.41. The quantitative estimate of drug-likeness (QED) is 0.887. The summed E-state index contributed by atoms with van der Waals surface area (Å²) in [6.45, 7) is 3.14. The molecule has 1 unspecified atom stereocenters. The number of fused-ring (bicyclic) bond motifs is 1. The number of hydrogen-bond acceptors (Lipinski definition) is 4. The van der Waals surface area contributed by atoms with Crippen molar-refractivity contribution in [3.8, 4) is 0 Å². The van der Waals surface area contributed by atoms with Crippen LogP contribution >= 0.6 is 11.6 Å². The van der Waals surface area contributed by atoms with E-state index in [0.717, 1.165) is 11.8 Å². The molecule has 2 rings (SSSR count). The van der Waals surface area contributed by atoms with Crippen LogP contribution in [0.1, 0.15) is 31.0 Å². The second-order valence-electron chi connectivity index (χ2n) is 5.61. The number of sulfone groups is 1. The molecule has 1 aliphatic rings. The molecule has 1 heterocycles. The normalized spacial score (nSPS) is 16.8. The number of anilines is 1. The fraction of sp³-hybridized carbons (Fsp3) is 0.462. The topological polar surface area (TPSA) is 89.3 Å². The molecule has 20 heavy (non-hydrogen) atoms. The van der Waals surface area contributed by atoms with Crippen molar-refractivity contribution in [3.05, 3.63) is 28.3 Å². The van der Waals surface area contributed by atoms with Gasteiger partial charge in [0.2, 0.25) is 5.91 Å². The molecule has 0 bridgehead atoms. The summed E-state index contributed by atoms with van der Waals surface area (Å²) in [6, 6.07) is 2.56. The summed E-state index contributed by atoms with van der Waals surface area (Å²) >= 11 is 6.18. The van der Waals surface area contributed by atoms with E-state index in [0.29, 0.717) is 16.3 Å². The van der Waals surface area contributed by atoms with Crippen molar-refractivity contribution in [2.75, 3.05) is 11.6 Å². The highest BCUT2D eigenvalue weighted by molar-refractivity contribution is 7.92. The van der Waals surface area contributed by atoms with Crippen LogP contribution in [0, 0.1) is 0 Å². The maximum atomic E-state index is 11.9. The zero-order valence-electron chi connectivity index (χ0n) is 11.5. The largest absolute Gasteiger partial charge is 0.325 e. The van der Waals surface area contributed by atoms with Crippen molar-refractivity contribution in [1.82, 2.24) is 0 Å². The van der Waals surface area contributed by atoms with E-state index in [1.165, 1.54) is 0 Å². The number of amides is 1. The molecule has 0 radical (unpaired) electrons. The van der Waals surface area contributed by atoms with Gasteiger partial charge >= 0.3 is 0 Å². The lowest BCUT2D eigenvalue weighted by Gasteiger charge is -2.30. The Kier molecular flexibility index (Phi) is 3.60. The molecule has 0 spiro atoms. The third-order valence-corrected chi connectivity index (χ3v) is 6.38. The molecule has 0 aromatic heterocycles. The van der Waals surface area contributed by atoms with E-state index in [9.17, 15) is 13.2 Å². The van der Waals surface area contributed by atoms with Gasteiger partial charge in [-0.25, -0.2) is 8.42 Å². The van der Waals surface area contributed by atoms with E-state index in [4.69, 9.17) is 17.3 Å². The maximum absolute atomic E-state index is 11.9. The first kappa shape index (κ1) is 15.3. The smallest absolute Gasteiger partial charge is 0.228 e. The van der Waals surface area contributed by atoms with E-state index in [1.54, 1.807) is 26.0 Å². The number of hydrogen-bond donors (Lipinski definition) is 2. The number of carbonyl (C=O) groups is 1. The van der Waals surface area contributed by atoms with Crippen molar-refractivity contribution in [3.63, 3.8) is 0 Å².